The Hall–Kier alpha value is -1.11. The maximum atomic E-state index is 11.3. The molecule has 0 saturated heterocycles. The Morgan fingerprint density at radius 1 is 1.38 bits per heavy atom. The molecule has 0 N–H and O–H groups in total. The van der Waals surface area contributed by atoms with Crippen LogP contribution in [0.15, 0.2) is 40.6 Å². The second kappa shape index (κ2) is 4.80. The highest BCUT2D eigenvalue weighted by Crippen LogP contribution is 2.13. The lowest BCUT2D eigenvalue weighted by molar-refractivity contribution is 0.688. The topological polar surface area (TPSA) is 40.9 Å². The summed E-state index contributed by atoms with van der Waals surface area (Å²) >= 11 is 5.65. The molecular weight excluding hydrogens is 206 g/mol. The average molecular weight is 212 g/mol. The van der Waals surface area contributed by atoms with Gasteiger partial charge in [-0.2, -0.15) is 5.26 Å². The van der Waals surface area contributed by atoms with Crippen LogP contribution in [0.1, 0.15) is 0 Å². The molecule has 1 aromatic carbocycles. The second-order valence-corrected chi connectivity index (χ2v) is 3.96. The third kappa shape index (κ3) is 3.02. The summed E-state index contributed by atoms with van der Waals surface area (Å²) in [6.07, 6.45) is 1.20. The zero-order valence-corrected chi connectivity index (χ0v) is 8.18. The van der Waals surface area contributed by atoms with Crippen LogP contribution in [0.3, 0.4) is 0 Å². The van der Waals surface area contributed by atoms with E-state index in [4.69, 9.17) is 16.9 Å². The van der Waals surface area contributed by atoms with Crippen LogP contribution in [0.5, 0.6) is 0 Å². The lowest BCUT2D eigenvalue weighted by Gasteiger charge is -1.94. The van der Waals surface area contributed by atoms with Crippen molar-refractivity contribution < 1.29 is 4.21 Å². The fraction of sp³-hybridized carbons (Fsp3) is 0. The van der Waals surface area contributed by atoms with Gasteiger partial charge in [0, 0.05) is 21.4 Å². The minimum absolute atomic E-state index is 0.602. The van der Waals surface area contributed by atoms with Crippen molar-refractivity contribution in [2.75, 3.05) is 0 Å². The van der Waals surface area contributed by atoms with E-state index in [2.05, 4.69) is 0 Å². The van der Waals surface area contributed by atoms with Gasteiger partial charge in [-0.25, -0.2) is 4.21 Å². The van der Waals surface area contributed by atoms with E-state index in [0.29, 0.717) is 9.92 Å². The molecule has 66 valence electrons. The summed E-state index contributed by atoms with van der Waals surface area (Å²) in [5, 5.41) is 10.2. The molecule has 2 nitrogen and oxygen atoms in total. The molecule has 0 aliphatic heterocycles. The van der Waals surface area contributed by atoms with Gasteiger partial charge in [0.2, 0.25) is 0 Å². The van der Waals surface area contributed by atoms with Gasteiger partial charge in [-0.15, -0.1) is 0 Å². The highest BCUT2D eigenvalue weighted by molar-refractivity contribution is 7.88. The van der Waals surface area contributed by atoms with Crippen LogP contribution in [-0.4, -0.2) is 4.21 Å². The molecule has 1 aromatic rings. The maximum absolute atomic E-state index is 11.3. The molecule has 0 bridgehead atoms. The standard InChI is InChI=1S/C9H6ClNOS/c10-8-2-4-9(5-3-8)13(12)7-1-6-11/h1-5,7H/b7-1+. The second-order valence-electron chi connectivity index (χ2n) is 2.18. The summed E-state index contributed by atoms with van der Waals surface area (Å²) in [4.78, 5) is 0.635. The van der Waals surface area contributed by atoms with Crippen LogP contribution < -0.4 is 0 Å². The third-order valence-corrected chi connectivity index (χ3v) is 2.68. The number of nitriles is 1. The van der Waals surface area contributed by atoms with Gasteiger partial charge in [-0.3, -0.25) is 0 Å². The molecule has 0 spiro atoms. The molecule has 0 saturated carbocycles. The number of hydrogen-bond acceptors (Lipinski definition) is 2. The van der Waals surface area contributed by atoms with E-state index in [1.54, 1.807) is 30.3 Å². The summed E-state index contributed by atoms with van der Waals surface area (Å²) in [5.41, 5.74) is 0. The minimum Gasteiger partial charge on any atom is -0.250 e. The van der Waals surface area contributed by atoms with Gasteiger partial charge in [0.1, 0.15) is 0 Å². The van der Waals surface area contributed by atoms with Crippen molar-refractivity contribution in [2.45, 2.75) is 4.90 Å². The zero-order chi connectivity index (χ0) is 9.68. The van der Waals surface area contributed by atoms with E-state index < -0.39 is 10.8 Å². The number of rotatable bonds is 2. The maximum Gasteiger partial charge on any atom is 0.0918 e. The van der Waals surface area contributed by atoms with Gasteiger partial charge < -0.3 is 0 Å². The fourth-order valence-electron chi connectivity index (χ4n) is 0.740. The van der Waals surface area contributed by atoms with Crippen molar-refractivity contribution in [1.29, 1.82) is 5.26 Å². The largest absolute Gasteiger partial charge is 0.250 e. The van der Waals surface area contributed by atoms with Crippen molar-refractivity contribution >= 4 is 22.4 Å². The Labute approximate surface area is 83.9 Å². The van der Waals surface area contributed by atoms with Crippen molar-refractivity contribution in [3.05, 3.63) is 40.8 Å². The van der Waals surface area contributed by atoms with E-state index in [-0.39, 0.29) is 0 Å². The summed E-state index contributed by atoms with van der Waals surface area (Å²) in [5.74, 6) is 0. The molecule has 4 heteroatoms. The first-order valence-corrected chi connectivity index (χ1v) is 5.05. The first kappa shape index (κ1) is 9.97. The van der Waals surface area contributed by atoms with E-state index in [1.165, 1.54) is 11.5 Å². The average Bonchev–Trinajstić information content (AvgIpc) is 2.15. The van der Waals surface area contributed by atoms with Crippen molar-refractivity contribution in [3.63, 3.8) is 0 Å². The van der Waals surface area contributed by atoms with Crippen LogP contribution in [0.2, 0.25) is 5.02 Å². The van der Waals surface area contributed by atoms with E-state index in [1.807, 2.05) is 0 Å². The van der Waals surface area contributed by atoms with Crippen LogP contribution in [0, 0.1) is 11.3 Å². The number of halogens is 1. The highest BCUT2D eigenvalue weighted by Gasteiger charge is 1.97. The van der Waals surface area contributed by atoms with E-state index in [9.17, 15) is 4.21 Å². The molecule has 0 heterocycles. The first-order valence-electron chi connectivity index (χ1n) is 3.46. The lowest BCUT2D eigenvalue weighted by Crippen LogP contribution is -1.84. The Kier molecular flexibility index (Phi) is 3.69. The molecule has 0 aliphatic rings. The zero-order valence-electron chi connectivity index (χ0n) is 6.61. The van der Waals surface area contributed by atoms with E-state index in [0.717, 1.165) is 0 Å². The molecule has 0 amide bonds. The molecule has 0 aromatic heterocycles. The smallest absolute Gasteiger partial charge is 0.0918 e. The predicted octanol–water partition coefficient (Wildman–Crippen LogP) is 2.48. The van der Waals surface area contributed by atoms with Crippen LogP contribution in [-0.2, 0) is 10.8 Å². The van der Waals surface area contributed by atoms with Gasteiger partial charge in [0.05, 0.1) is 16.9 Å². The Balaban J connectivity index is 2.85. The monoisotopic (exact) mass is 211 g/mol. The minimum atomic E-state index is -1.25. The summed E-state index contributed by atoms with van der Waals surface area (Å²) < 4.78 is 11.3. The summed E-state index contributed by atoms with van der Waals surface area (Å²) in [7, 11) is -1.25. The molecule has 0 fully saturated rings. The van der Waals surface area contributed by atoms with Crippen LogP contribution in [0.25, 0.3) is 0 Å². The molecule has 1 atom stereocenters. The SMILES string of the molecule is N#C/C=C/S(=O)c1ccc(Cl)cc1. The molecular formula is C9H6ClNOS. The van der Waals surface area contributed by atoms with Gasteiger partial charge in [0.15, 0.2) is 0 Å². The highest BCUT2D eigenvalue weighted by atomic mass is 35.5. The molecule has 0 aliphatic carbocycles. The normalized spacial score (nSPS) is 12.6. The molecule has 1 rings (SSSR count). The quantitative estimate of drug-likeness (QED) is 0.706. The molecule has 1 unspecified atom stereocenters. The van der Waals surface area contributed by atoms with Gasteiger partial charge in [-0.1, -0.05) is 11.6 Å². The number of hydrogen-bond donors (Lipinski definition) is 0. The first-order chi connectivity index (χ1) is 6.24. The molecule has 0 radical (unpaired) electrons. The van der Waals surface area contributed by atoms with Crippen LogP contribution >= 0.6 is 11.6 Å². The Bertz CT molecular complexity index is 378. The number of nitrogens with zero attached hydrogens (tertiary/aromatic N) is 1. The number of allylic oxidation sites excluding steroid dienone is 1. The molecule has 13 heavy (non-hydrogen) atoms. The van der Waals surface area contributed by atoms with Crippen molar-refractivity contribution in [2.24, 2.45) is 0 Å². The van der Waals surface area contributed by atoms with Gasteiger partial charge in [-0.05, 0) is 24.3 Å². The number of benzene rings is 1. The Morgan fingerprint density at radius 2 is 2.00 bits per heavy atom. The van der Waals surface area contributed by atoms with Crippen molar-refractivity contribution in [3.8, 4) is 6.07 Å². The van der Waals surface area contributed by atoms with Gasteiger partial charge in [0.25, 0.3) is 0 Å². The Morgan fingerprint density at radius 3 is 2.54 bits per heavy atom. The lowest BCUT2D eigenvalue weighted by atomic mass is 10.4. The predicted molar refractivity (Wildman–Crippen MR) is 52.6 cm³/mol. The van der Waals surface area contributed by atoms with E-state index >= 15 is 0 Å². The van der Waals surface area contributed by atoms with Gasteiger partial charge >= 0.3 is 0 Å². The summed E-state index contributed by atoms with van der Waals surface area (Å²) in [6, 6.07) is 8.44. The van der Waals surface area contributed by atoms with Crippen LogP contribution in [0.4, 0.5) is 0 Å². The fourth-order valence-corrected chi connectivity index (χ4v) is 1.61. The summed E-state index contributed by atoms with van der Waals surface area (Å²) in [6.45, 7) is 0. The van der Waals surface area contributed by atoms with Crippen molar-refractivity contribution in [1.82, 2.24) is 0 Å². The third-order valence-electron chi connectivity index (χ3n) is 1.31.